The van der Waals surface area contributed by atoms with E-state index in [1.54, 1.807) is 6.92 Å². The first-order valence-electron chi connectivity index (χ1n) is 6.73. The van der Waals surface area contributed by atoms with Gasteiger partial charge in [0.1, 0.15) is 5.75 Å². The van der Waals surface area contributed by atoms with E-state index in [9.17, 15) is 9.90 Å². The highest BCUT2D eigenvalue weighted by Crippen LogP contribution is 2.08. The van der Waals surface area contributed by atoms with E-state index < -0.39 is 6.10 Å². The number of ether oxygens (including phenoxy) is 1. The lowest BCUT2D eigenvalue weighted by atomic mass is 10.1. The molecule has 0 heterocycles. The maximum absolute atomic E-state index is 11.6. The van der Waals surface area contributed by atoms with Gasteiger partial charge in [0.15, 0.2) is 0 Å². The summed E-state index contributed by atoms with van der Waals surface area (Å²) >= 11 is 0. The molecule has 19 heavy (non-hydrogen) atoms. The Morgan fingerprint density at radius 1 is 1.32 bits per heavy atom. The molecule has 4 nitrogen and oxygen atoms in total. The smallest absolute Gasteiger partial charge is 0.220 e. The van der Waals surface area contributed by atoms with Crippen molar-refractivity contribution < 1.29 is 14.6 Å². The van der Waals surface area contributed by atoms with Crippen LogP contribution >= 0.6 is 0 Å². The fourth-order valence-electron chi connectivity index (χ4n) is 1.86. The van der Waals surface area contributed by atoms with Crippen molar-refractivity contribution in [3.05, 3.63) is 30.3 Å². The van der Waals surface area contributed by atoms with Gasteiger partial charge in [-0.1, -0.05) is 18.2 Å². The maximum Gasteiger partial charge on any atom is 0.220 e. The highest BCUT2D eigenvalue weighted by Gasteiger charge is 2.09. The summed E-state index contributed by atoms with van der Waals surface area (Å²) < 4.78 is 5.51. The summed E-state index contributed by atoms with van der Waals surface area (Å²) in [5, 5.41) is 12.1. The molecule has 0 spiro atoms. The maximum atomic E-state index is 11.6. The van der Waals surface area contributed by atoms with Crippen LogP contribution in [-0.4, -0.2) is 29.8 Å². The third-order valence-corrected chi connectivity index (χ3v) is 2.66. The van der Waals surface area contributed by atoms with Crippen LogP contribution in [0, 0.1) is 0 Å². The zero-order valence-electron chi connectivity index (χ0n) is 11.6. The lowest BCUT2D eigenvalue weighted by molar-refractivity contribution is -0.122. The molecule has 0 aliphatic rings. The summed E-state index contributed by atoms with van der Waals surface area (Å²) in [5.41, 5.74) is 0. The predicted octanol–water partition coefficient (Wildman–Crippen LogP) is 2.12. The quantitative estimate of drug-likeness (QED) is 0.708. The van der Waals surface area contributed by atoms with Crippen LogP contribution in [0.3, 0.4) is 0 Å². The fraction of sp³-hybridized carbons (Fsp3) is 0.533. The van der Waals surface area contributed by atoms with E-state index in [1.165, 1.54) is 0 Å². The van der Waals surface area contributed by atoms with E-state index in [0.29, 0.717) is 25.9 Å². The number of hydrogen-bond donors (Lipinski definition) is 2. The molecular formula is C15H23NO3. The number of para-hydroxylation sites is 1. The van der Waals surface area contributed by atoms with Crippen molar-refractivity contribution >= 4 is 5.91 Å². The highest BCUT2D eigenvalue weighted by molar-refractivity contribution is 5.76. The molecule has 0 bridgehead atoms. The van der Waals surface area contributed by atoms with E-state index >= 15 is 0 Å². The number of aliphatic hydroxyl groups excluding tert-OH is 1. The monoisotopic (exact) mass is 265 g/mol. The minimum atomic E-state index is -0.392. The molecule has 2 atom stereocenters. The molecule has 106 valence electrons. The van der Waals surface area contributed by atoms with E-state index in [0.717, 1.165) is 5.75 Å². The third kappa shape index (κ3) is 7.47. The van der Waals surface area contributed by atoms with Crippen LogP contribution in [0.25, 0.3) is 0 Å². The van der Waals surface area contributed by atoms with Crippen molar-refractivity contribution in [3.8, 4) is 5.75 Å². The van der Waals surface area contributed by atoms with E-state index in [1.807, 2.05) is 37.3 Å². The molecule has 1 aromatic carbocycles. The first-order chi connectivity index (χ1) is 9.08. The molecule has 0 aromatic heterocycles. The molecule has 0 saturated heterocycles. The van der Waals surface area contributed by atoms with Crippen LogP contribution < -0.4 is 10.1 Å². The Morgan fingerprint density at radius 2 is 2.00 bits per heavy atom. The zero-order valence-corrected chi connectivity index (χ0v) is 11.6. The van der Waals surface area contributed by atoms with E-state index in [4.69, 9.17) is 4.74 Å². The second kappa shape index (κ2) is 8.53. The number of hydrogen-bond acceptors (Lipinski definition) is 3. The van der Waals surface area contributed by atoms with Gasteiger partial charge in [-0.3, -0.25) is 4.79 Å². The van der Waals surface area contributed by atoms with Crippen LogP contribution in [-0.2, 0) is 4.79 Å². The molecule has 0 aliphatic carbocycles. The van der Waals surface area contributed by atoms with Crippen molar-refractivity contribution in [3.63, 3.8) is 0 Å². The molecule has 0 fully saturated rings. The molecule has 1 rings (SSSR count). The molecule has 2 unspecified atom stereocenters. The Labute approximate surface area is 114 Å². The summed E-state index contributed by atoms with van der Waals surface area (Å²) in [7, 11) is 0. The summed E-state index contributed by atoms with van der Waals surface area (Å²) in [6, 6.07) is 9.56. The van der Waals surface area contributed by atoms with Crippen molar-refractivity contribution in [2.45, 2.75) is 45.3 Å². The molecule has 0 aliphatic heterocycles. The number of rotatable bonds is 8. The first kappa shape index (κ1) is 15.5. The van der Waals surface area contributed by atoms with Gasteiger partial charge < -0.3 is 15.2 Å². The normalized spacial score (nSPS) is 13.6. The number of amides is 1. The van der Waals surface area contributed by atoms with Gasteiger partial charge in [0, 0.05) is 12.5 Å². The molecule has 1 aromatic rings. The van der Waals surface area contributed by atoms with Gasteiger partial charge in [0.05, 0.1) is 12.7 Å². The van der Waals surface area contributed by atoms with Gasteiger partial charge in [0.2, 0.25) is 5.91 Å². The van der Waals surface area contributed by atoms with Gasteiger partial charge in [0.25, 0.3) is 0 Å². The summed E-state index contributed by atoms with van der Waals surface area (Å²) in [5.74, 6) is 0.829. The first-order valence-corrected chi connectivity index (χ1v) is 6.73. The predicted molar refractivity (Wildman–Crippen MR) is 75.1 cm³/mol. The topological polar surface area (TPSA) is 58.6 Å². The highest BCUT2D eigenvalue weighted by atomic mass is 16.5. The average molecular weight is 265 g/mol. The fourth-order valence-corrected chi connectivity index (χ4v) is 1.86. The Kier molecular flexibility index (Phi) is 6.97. The number of carbonyl (C=O) groups is 1. The molecule has 0 radical (unpaired) electrons. The minimum Gasteiger partial charge on any atom is -0.494 e. The van der Waals surface area contributed by atoms with Crippen molar-refractivity contribution in [2.75, 3.05) is 6.61 Å². The lowest BCUT2D eigenvalue weighted by Gasteiger charge is -2.15. The molecule has 0 saturated carbocycles. The van der Waals surface area contributed by atoms with Crippen LogP contribution in [0.5, 0.6) is 5.75 Å². The van der Waals surface area contributed by atoms with Gasteiger partial charge in [-0.05, 0) is 38.8 Å². The van der Waals surface area contributed by atoms with Crippen molar-refractivity contribution in [1.29, 1.82) is 0 Å². The van der Waals surface area contributed by atoms with Gasteiger partial charge in [-0.2, -0.15) is 0 Å². The number of benzene rings is 1. The van der Waals surface area contributed by atoms with Crippen molar-refractivity contribution in [1.82, 2.24) is 5.32 Å². The molecular weight excluding hydrogens is 242 g/mol. The summed E-state index contributed by atoms with van der Waals surface area (Å²) in [4.78, 5) is 11.6. The second-order valence-corrected chi connectivity index (χ2v) is 4.82. The molecule has 2 N–H and O–H groups in total. The average Bonchev–Trinajstić information content (AvgIpc) is 2.35. The van der Waals surface area contributed by atoms with E-state index in [-0.39, 0.29) is 11.9 Å². The number of nitrogens with one attached hydrogen (secondary N) is 1. The van der Waals surface area contributed by atoms with Crippen LogP contribution in [0.15, 0.2) is 30.3 Å². The van der Waals surface area contributed by atoms with Crippen LogP contribution in [0.1, 0.15) is 33.1 Å². The molecule has 1 amide bonds. The Bertz CT molecular complexity index is 365. The Hall–Kier alpha value is -1.55. The zero-order chi connectivity index (χ0) is 14.1. The number of carbonyl (C=O) groups excluding carboxylic acids is 1. The second-order valence-electron chi connectivity index (χ2n) is 4.82. The van der Waals surface area contributed by atoms with Gasteiger partial charge in [-0.15, -0.1) is 0 Å². The van der Waals surface area contributed by atoms with Crippen molar-refractivity contribution in [2.24, 2.45) is 0 Å². The Balaban J connectivity index is 2.10. The Morgan fingerprint density at radius 3 is 2.63 bits per heavy atom. The van der Waals surface area contributed by atoms with Crippen LogP contribution in [0.2, 0.25) is 0 Å². The largest absolute Gasteiger partial charge is 0.494 e. The summed E-state index contributed by atoms with van der Waals surface area (Å²) in [6.07, 6.45) is 1.31. The third-order valence-electron chi connectivity index (χ3n) is 2.66. The summed E-state index contributed by atoms with van der Waals surface area (Å²) in [6.45, 7) is 4.14. The van der Waals surface area contributed by atoms with Gasteiger partial charge >= 0.3 is 0 Å². The standard InChI is InChI=1S/C15H23NO3/c1-12(11-13(2)17)16-15(18)9-6-10-19-14-7-4-3-5-8-14/h3-5,7-8,12-13,17H,6,9-11H2,1-2H3,(H,16,18). The molecule has 4 heteroatoms. The number of aliphatic hydroxyl groups is 1. The SMILES string of the molecule is CC(O)CC(C)NC(=O)CCCOc1ccccc1. The van der Waals surface area contributed by atoms with E-state index in [2.05, 4.69) is 5.32 Å². The van der Waals surface area contributed by atoms with Crippen LogP contribution in [0.4, 0.5) is 0 Å². The minimum absolute atomic E-state index is 0.00235. The lowest BCUT2D eigenvalue weighted by Crippen LogP contribution is -2.34. The van der Waals surface area contributed by atoms with Gasteiger partial charge in [-0.25, -0.2) is 0 Å².